The van der Waals surface area contributed by atoms with Gasteiger partial charge in [0.05, 0.1) is 16.1 Å². The van der Waals surface area contributed by atoms with Crippen molar-refractivity contribution >= 4 is 17.2 Å². The molecule has 0 bridgehead atoms. The third-order valence-electron chi connectivity index (χ3n) is 4.01. The van der Waals surface area contributed by atoms with Crippen LogP contribution in [0.5, 0.6) is 0 Å². The summed E-state index contributed by atoms with van der Waals surface area (Å²) in [6.45, 7) is 0.382. The fourth-order valence-corrected chi connectivity index (χ4v) is 3.24. The van der Waals surface area contributed by atoms with Gasteiger partial charge >= 0.3 is 6.18 Å². The van der Waals surface area contributed by atoms with Crippen molar-refractivity contribution in [2.45, 2.75) is 25.6 Å². The zero-order valence-corrected chi connectivity index (χ0v) is 15.1. The number of benzene rings is 1. The predicted octanol–water partition coefficient (Wildman–Crippen LogP) is 5.08. The molecule has 1 N–H and O–H groups in total. The maximum Gasteiger partial charge on any atom is 0.416 e. The minimum absolute atomic E-state index is 0.149. The monoisotopic (exact) mass is 390 g/mol. The standard InChI is InChI=1S/C20H17F3N2OS/c21-20(22,23)16-6-3-14(4-7-16)5-8-19(26)25-13-15-9-10-24-17(12-15)18-2-1-11-27-18/h1-4,6-7,9-12H,5,8,13H2,(H,25,26). The summed E-state index contributed by atoms with van der Waals surface area (Å²) in [7, 11) is 0. The summed E-state index contributed by atoms with van der Waals surface area (Å²) in [6.07, 6.45) is -2.03. The first-order chi connectivity index (χ1) is 12.9. The van der Waals surface area contributed by atoms with Crippen LogP contribution in [-0.2, 0) is 23.9 Å². The van der Waals surface area contributed by atoms with Crippen LogP contribution in [0.25, 0.3) is 10.6 Å². The molecule has 0 unspecified atom stereocenters. The highest BCUT2D eigenvalue weighted by Gasteiger charge is 2.29. The molecule has 3 nitrogen and oxygen atoms in total. The Morgan fingerprint density at radius 3 is 2.52 bits per heavy atom. The number of nitrogens with one attached hydrogen (secondary N) is 1. The molecular formula is C20H17F3N2OS. The largest absolute Gasteiger partial charge is 0.416 e. The van der Waals surface area contributed by atoms with Crippen molar-refractivity contribution in [3.63, 3.8) is 0 Å². The molecule has 2 heterocycles. The number of halogens is 3. The number of aromatic nitrogens is 1. The Morgan fingerprint density at radius 2 is 1.85 bits per heavy atom. The summed E-state index contributed by atoms with van der Waals surface area (Å²) >= 11 is 1.60. The van der Waals surface area contributed by atoms with Gasteiger partial charge < -0.3 is 5.32 Å². The van der Waals surface area contributed by atoms with Crippen molar-refractivity contribution < 1.29 is 18.0 Å². The topological polar surface area (TPSA) is 42.0 Å². The third-order valence-corrected chi connectivity index (χ3v) is 4.90. The fraction of sp³-hybridized carbons (Fsp3) is 0.200. The van der Waals surface area contributed by atoms with Crippen molar-refractivity contribution in [2.75, 3.05) is 0 Å². The molecule has 0 fully saturated rings. The first kappa shape index (κ1) is 19.1. The molecule has 0 saturated carbocycles. The van der Waals surface area contributed by atoms with E-state index in [9.17, 15) is 18.0 Å². The molecular weight excluding hydrogens is 373 g/mol. The number of alkyl halides is 3. The van der Waals surface area contributed by atoms with Gasteiger partial charge in [-0.3, -0.25) is 9.78 Å². The average Bonchev–Trinajstić information content (AvgIpc) is 3.19. The number of hydrogen-bond donors (Lipinski definition) is 1. The molecule has 1 amide bonds. The molecule has 3 rings (SSSR count). The van der Waals surface area contributed by atoms with Gasteiger partial charge in [-0.25, -0.2) is 0 Å². The molecule has 3 aromatic rings. The van der Waals surface area contributed by atoms with Crippen LogP contribution in [0.3, 0.4) is 0 Å². The number of pyridine rings is 1. The zero-order chi connectivity index (χ0) is 19.3. The second-order valence-electron chi connectivity index (χ2n) is 6.00. The molecule has 7 heteroatoms. The van der Waals surface area contributed by atoms with Crippen LogP contribution in [0.1, 0.15) is 23.1 Å². The summed E-state index contributed by atoms with van der Waals surface area (Å²) in [5, 5.41) is 4.81. The SMILES string of the molecule is O=C(CCc1ccc(C(F)(F)F)cc1)NCc1ccnc(-c2cccs2)c1. The Bertz CT molecular complexity index is 890. The Labute approximate surface area is 158 Å². The van der Waals surface area contributed by atoms with Crippen LogP contribution in [0.15, 0.2) is 60.1 Å². The van der Waals surface area contributed by atoms with Gasteiger partial charge in [-0.05, 0) is 53.3 Å². The third kappa shape index (κ3) is 5.40. The number of aryl methyl sites for hydroxylation is 1. The van der Waals surface area contributed by atoms with E-state index >= 15 is 0 Å². The lowest BCUT2D eigenvalue weighted by atomic mass is 10.1. The number of carbonyl (C=O) groups is 1. The van der Waals surface area contributed by atoms with Crippen molar-refractivity contribution in [1.29, 1.82) is 0 Å². The van der Waals surface area contributed by atoms with Crippen LogP contribution in [0.4, 0.5) is 13.2 Å². The zero-order valence-electron chi connectivity index (χ0n) is 14.3. The number of hydrogen-bond acceptors (Lipinski definition) is 3. The lowest BCUT2D eigenvalue weighted by Crippen LogP contribution is -2.23. The fourth-order valence-electron chi connectivity index (χ4n) is 2.55. The summed E-state index contributed by atoms with van der Waals surface area (Å²) in [6, 6.07) is 12.6. The van der Waals surface area contributed by atoms with E-state index in [0.717, 1.165) is 28.3 Å². The van der Waals surface area contributed by atoms with Crippen LogP contribution >= 0.6 is 11.3 Å². The van der Waals surface area contributed by atoms with Crippen LogP contribution in [0.2, 0.25) is 0 Å². The van der Waals surface area contributed by atoms with Gasteiger partial charge in [0, 0.05) is 19.2 Å². The smallest absolute Gasteiger partial charge is 0.352 e. The molecule has 0 atom stereocenters. The van der Waals surface area contributed by atoms with Gasteiger partial charge in [0.25, 0.3) is 0 Å². The molecule has 140 valence electrons. The van der Waals surface area contributed by atoms with Crippen molar-refractivity contribution in [1.82, 2.24) is 10.3 Å². The van der Waals surface area contributed by atoms with Crippen LogP contribution < -0.4 is 5.32 Å². The van der Waals surface area contributed by atoms with E-state index in [1.54, 1.807) is 17.5 Å². The second kappa shape index (κ2) is 8.35. The summed E-state index contributed by atoms with van der Waals surface area (Å²) < 4.78 is 37.6. The number of rotatable bonds is 6. The summed E-state index contributed by atoms with van der Waals surface area (Å²) in [5.41, 5.74) is 1.81. The summed E-state index contributed by atoms with van der Waals surface area (Å²) in [5.74, 6) is -0.149. The van der Waals surface area contributed by atoms with Gasteiger partial charge in [0.2, 0.25) is 5.91 Å². The first-order valence-electron chi connectivity index (χ1n) is 8.33. The van der Waals surface area contributed by atoms with Gasteiger partial charge in [0.1, 0.15) is 0 Å². The number of amides is 1. The normalized spacial score (nSPS) is 11.4. The van der Waals surface area contributed by atoms with E-state index < -0.39 is 11.7 Å². The van der Waals surface area contributed by atoms with E-state index in [4.69, 9.17) is 0 Å². The van der Waals surface area contributed by atoms with Gasteiger partial charge in [-0.1, -0.05) is 18.2 Å². The minimum Gasteiger partial charge on any atom is -0.352 e. The van der Waals surface area contributed by atoms with Crippen molar-refractivity contribution in [3.05, 3.63) is 76.8 Å². The Kier molecular flexibility index (Phi) is 5.91. The highest BCUT2D eigenvalue weighted by molar-refractivity contribution is 7.13. The predicted molar refractivity (Wildman–Crippen MR) is 99.2 cm³/mol. The quantitative estimate of drug-likeness (QED) is 0.638. The first-order valence-corrected chi connectivity index (χ1v) is 9.21. The van der Waals surface area contributed by atoms with Crippen LogP contribution in [0, 0.1) is 0 Å². The molecule has 0 aliphatic heterocycles. The van der Waals surface area contributed by atoms with E-state index in [1.165, 1.54) is 12.1 Å². The highest BCUT2D eigenvalue weighted by Crippen LogP contribution is 2.29. The Hall–Kier alpha value is -2.67. The van der Waals surface area contributed by atoms with E-state index in [1.807, 2.05) is 29.6 Å². The Morgan fingerprint density at radius 1 is 1.07 bits per heavy atom. The molecule has 0 radical (unpaired) electrons. The number of carbonyl (C=O) groups excluding carboxylic acids is 1. The number of thiophene rings is 1. The molecule has 2 aromatic heterocycles. The van der Waals surface area contributed by atoms with Gasteiger partial charge in [-0.2, -0.15) is 13.2 Å². The van der Waals surface area contributed by atoms with E-state index in [0.29, 0.717) is 18.5 Å². The van der Waals surface area contributed by atoms with Crippen molar-refractivity contribution in [3.8, 4) is 10.6 Å². The molecule has 0 spiro atoms. The second-order valence-corrected chi connectivity index (χ2v) is 6.95. The molecule has 1 aromatic carbocycles. The van der Waals surface area contributed by atoms with Crippen molar-refractivity contribution in [2.24, 2.45) is 0 Å². The van der Waals surface area contributed by atoms with E-state index in [-0.39, 0.29) is 12.3 Å². The average molecular weight is 390 g/mol. The molecule has 0 aliphatic rings. The van der Waals surface area contributed by atoms with Gasteiger partial charge in [-0.15, -0.1) is 11.3 Å². The lowest BCUT2D eigenvalue weighted by molar-refractivity contribution is -0.137. The summed E-state index contributed by atoms with van der Waals surface area (Å²) in [4.78, 5) is 17.4. The maximum atomic E-state index is 12.5. The highest BCUT2D eigenvalue weighted by atomic mass is 32.1. The molecule has 0 aliphatic carbocycles. The molecule has 27 heavy (non-hydrogen) atoms. The minimum atomic E-state index is -4.34. The maximum absolute atomic E-state index is 12.5. The number of nitrogens with zero attached hydrogens (tertiary/aromatic N) is 1. The Balaban J connectivity index is 1.49. The van der Waals surface area contributed by atoms with Crippen LogP contribution in [-0.4, -0.2) is 10.9 Å². The molecule has 0 saturated heterocycles. The lowest BCUT2D eigenvalue weighted by Gasteiger charge is -2.08. The van der Waals surface area contributed by atoms with E-state index in [2.05, 4.69) is 10.3 Å². The van der Waals surface area contributed by atoms with Gasteiger partial charge in [0.15, 0.2) is 0 Å².